The zero-order valence-corrected chi connectivity index (χ0v) is 16.0. The normalized spacial score (nSPS) is 10.5. The Balaban J connectivity index is 1.97. The van der Waals surface area contributed by atoms with Crippen molar-refractivity contribution in [2.75, 3.05) is 26.0 Å². The lowest BCUT2D eigenvalue weighted by Crippen LogP contribution is -2.22. The number of ether oxygens (including phenoxy) is 1. The van der Waals surface area contributed by atoms with Crippen LogP contribution in [0.2, 0.25) is 0 Å². The minimum Gasteiger partial charge on any atom is -0.483 e. The van der Waals surface area contributed by atoms with Gasteiger partial charge in [-0.15, -0.1) is 0 Å². The Hall–Kier alpha value is -2.82. The molecule has 0 aliphatic heterocycles. The molecule has 0 heterocycles. The minimum atomic E-state index is -0.243. The number of hydrogen-bond donors (Lipinski definition) is 1. The van der Waals surface area contributed by atoms with Gasteiger partial charge in [-0.05, 0) is 54.3 Å². The molecule has 5 heteroatoms. The van der Waals surface area contributed by atoms with Gasteiger partial charge >= 0.3 is 0 Å². The summed E-state index contributed by atoms with van der Waals surface area (Å²) in [6, 6.07) is 12.8. The Labute approximate surface area is 155 Å². The highest BCUT2D eigenvalue weighted by Gasteiger charge is 2.11. The molecule has 1 N–H and O–H groups in total. The second-order valence-corrected chi connectivity index (χ2v) is 6.81. The zero-order valence-electron chi connectivity index (χ0n) is 16.0. The maximum Gasteiger partial charge on any atom is 0.262 e. The molecule has 0 aromatic heterocycles. The van der Waals surface area contributed by atoms with E-state index in [0.29, 0.717) is 17.2 Å². The topological polar surface area (TPSA) is 58.6 Å². The third-order valence-corrected chi connectivity index (χ3v) is 3.97. The maximum atomic E-state index is 12.2. The molecular formula is C21H26N2O3. The average Bonchev–Trinajstić information content (AvgIpc) is 2.59. The molecule has 2 rings (SSSR count). The lowest BCUT2D eigenvalue weighted by atomic mass is 10.0. The molecule has 2 aromatic rings. The van der Waals surface area contributed by atoms with Gasteiger partial charge < -0.3 is 15.0 Å². The fraction of sp³-hybridized carbons (Fsp3) is 0.333. The van der Waals surface area contributed by atoms with Crippen LogP contribution in [-0.4, -0.2) is 37.4 Å². The third kappa shape index (κ3) is 5.09. The molecule has 2 amide bonds. The van der Waals surface area contributed by atoms with E-state index in [4.69, 9.17) is 4.74 Å². The summed E-state index contributed by atoms with van der Waals surface area (Å²) in [5.74, 6) is 0.734. The van der Waals surface area contributed by atoms with Gasteiger partial charge in [-0.1, -0.05) is 26.0 Å². The number of nitrogens with zero attached hydrogens (tertiary/aromatic N) is 1. The fourth-order valence-electron chi connectivity index (χ4n) is 2.54. The van der Waals surface area contributed by atoms with E-state index >= 15 is 0 Å². The molecule has 0 bridgehead atoms. The molecule has 0 radical (unpaired) electrons. The van der Waals surface area contributed by atoms with Gasteiger partial charge in [0.25, 0.3) is 11.8 Å². The molecule has 0 aliphatic carbocycles. The van der Waals surface area contributed by atoms with Gasteiger partial charge in [0.2, 0.25) is 0 Å². The van der Waals surface area contributed by atoms with Gasteiger partial charge in [0, 0.05) is 25.3 Å². The second-order valence-electron chi connectivity index (χ2n) is 6.81. The van der Waals surface area contributed by atoms with Crippen LogP contribution < -0.4 is 10.1 Å². The highest BCUT2D eigenvalue weighted by atomic mass is 16.5. The van der Waals surface area contributed by atoms with Crippen LogP contribution in [0.3, 0.4) is 0 Å². The van der Waals surface area contributed by atoms with E-state index in [9.17, 15) is 9.59 Å². The van der Waals surface area contributed by atoms with Crippen LogP contribution in [0.5, 0.6) is 5.75 Å². The monoisotopic (exact) mass is 354 g/mol. The van der Waals surface area contributed by atoms with Crippen LogP contribution in [0.15, 0.2) is 42.5 Å². The van der Waals surface area contributed by atoms with Crippen molar-refractivity contribution in [1.29, 1.82) is 0 Å². The lowest BCUT2D eigenvalue weighted by molar-refractivity contribution is -0.118. The summed E-state index contributed by atoms with van der Waals surface area (Å²) in [6.45, 7) is 6.11. The number of hydrogen-bond acceptors (Lipinski definition) is 3. The number of amides is 2. The Morgan fingerprint density at radius 3 is 2.31 bits per heavy atom. The average molecular weight is 354 g/mol. The summed E-state index contributed by atoms with van der Waals surface area (Å²) in [6.07, 6.45) is 0. The third-order valence-electron chi connectivity index (χ3n) is 3.97. The van der Waals surface area contributed by atoms with Crippen molar-refractivity contribution in [1.82, 2.24) is 4.90 Å². The SMILES string of the molecule is Cc1ccc(C(C)C)c(OCC(=O)Nc2ccc(C(=O)N(C)C)cc2)c1. The van der Waals surface area contributed by atoms with Crippen LogP contribution in [0, 0.1) is 6.92 Å². The molecule has 0 atom stereocenters. The van der Waals surface area contributed by atoms with E-state index in [0.717, 1.165) is 16.9 Å². The van der Waals surface area contributed by atoms with Crippen molar-refractivity contribution >= 4 is 17.5 Å². The Bertz CT molecular complexity index is 780. The Morgan fingerprint density at radius 1 is 1.08 bits per heavy atom. The number of aryl methyl sites for hydroxylation is 1. The van der Waals surface area contributed by atoms with E-state index in [1.165, 1.54) is 4.90 Å². The van der Waals surface area contributed by atoms with Crippen LogP contribution in [-0.2, 0) is 4.79 Å². The van der Waals surface area contributed by atoms with Gasteiger partial charge in [0.05, 0.1) is 0 Å². The number of rotatable bonds is 6. The Kier molecular flexibility index (Phi) is 6.39. The summed E-state index contributed by atoms with van der Waals surface area (Å²) >= 11 is 0. The number of anilines is 1. The van der Waals surface area contributed by atoms with Gasteiger partial charge in [-0.2, -0.15) is 0 Å². The molecule has 0 fully saturated rings. The fourth-order valence-corrected chi connectivity index (χ4v) is 2.54. The quantitative estimate of drug-likeness (QED) is 0.857. The number of carbonyl (C=O) groups excluding carboxylic acids is 2. The summed E-state index contributed by atoms with van der Waals surface area (Å²) < 4.78 is 5.73. The van der Waals surface area contributed by atoms with E-state index < -0.39 is 0 Å². The smallest absolute Gasteiger partial charge is 0.262 e. The highest BCUT2D eigenvalue weighted by Crippen LogP contribution is 2.27. The van der Waals surface area contributed by atoms with E-state index in [-0.39, 0.29) is 18.4 Å². The molecule has 2 aromatic carbocycles. The largest absolute Gasteiger partial charge is 0.483 e. The predicted molar refractivity (Wildman–Crippen MR) is 104 cm³/mol. The number of nitrogens with one attached hydrogen (secondary N) is 1. The molecular weight excluding hydrogens is 328 g/mol. The van der Waals surface area contributed by atoms with Crippen molar-refractivity contribution in [3.05, 3.63) is 59.2 Å². The highest BCUT2D eigenvalue weighted by molar-refractivity contribution is 5.95. The second kappa shape index (κ2) is 8.52. The molecule has 0 saturated heterocycles. The molecule has 26 heavy (non-hydrogen) atoms. The standard InChI is InChI=1S/C21H26N2O3/c1-14(2)18-11-6-15(3)12-19(18)26-13-20(24)22-17-9-7-16(8-10-17)21(25)23(4)5/h6-12,14H,13H2,1-5H3,(H,22,24). The van der Waals surface area contributed by atoms with Crippen molar-refractivity contribution < 1.29 is 14.3 Å². The van der Waals surface area contributed by atoms with Gasteiger partial charge in [-0.25, -0.2) is 0 Å². The Morgan fingerprint density at radius 2 is 1.73 bits per heavy atom. The summed E-state index contributed by atoms with van der Waals surface area (Å²) in [4.78, 5) is 25.5. The van der Waals surface area contributed by atoms with Crippen molar-refractivity contribution in [3.63, 3.8) is 0 Å². The molecule has 0 spiro atoms. The summed E-state index contributed by atoms with van der Waals surface area (Å²) in [7, 11) is 3.40. The molecule has 5 nitrogen and oxygen atoms in total. The van der Waals surface area contributed by atoms with Gasteiger partial charge in [-0.3, -0.25) is 9.59 Å². The van der Waals surface area contributed by atoms with Crippen molar-refractivity contribution in [3.8, 4) is 5.75 Å². The minimum absolute atomic E-state index is 0.0679. The molecule has 0 unspecified atom stereocenters. The van der Waals surface area contributed by atoms with Crippen molar-refractivity contribution in [2.24, 2.45) is 0 Å². The lowest BCUT2D eigenvalue weighted by Gasteiger charge is -2.15. The zero-order chi connectivity index (χ0) is 19.3. The first kappa shape index (κ1) is 19.5. The predicted octanol–water partition coefficient (Wildman–Crippen LogP) is 3.84. The van der Waals surface area contributed by atoms with E-state index in [1.54, 1.807) is 38.4 Å². The first-order valence-electron chi connectivity index (χ1n) is 8.63. The first-order valence-corrected chi connectivity index (χ1v) is 8.63. The van der Waals surface area contributed by atoms with Crippen LogP contribution in [0.25, 0.3) is 0 Å². The van der Waals surface area contributed by atoms with E-state index in [1.807, 2.05) is 25.1 Å². The molecule has 0 aliphatic rings. The van der Waals surface area contributed by atoms with Crippen LogP contribution >= 0.6 is 0 Å². The summed E-state index contributed by atoms with van der Waals surface area (Å²) in [5, 5.41) is 2.78. The molecule has 138 valence electrons. The molecule has 0 saturated carbocycles. The van der Waals surface area contributed by atoms with Crippen LogP contribution in [0.1, 0.15) is 41.3 Å². The van der Waals surface area contributed by atoms with E-state index in [2.05, 4.69) is 19.2 Å². The number of benzene rings is 2. The summed E-state index contributed by atoms with van der Waals surface area (Å²) in [5.41, 5.74) is 3.37. The first-order chi connectivity index (χ1) is 12.3. The van der Waals surface area contributed by atoms with Gasteiger partial charge in [0.15, 0.2) is 6.61 Å². The van der Waals surface area contributed by atoms with Crippen LogP contribution in [0.4, 0.5) is 5.69 Å². The van der Waals surface area contributed by atoms with Gasteiger partial charge in [0.1, 0.15) is 5.75 Å². The maximum absolute atomic E-state index is 12.2. The van der Waals surface area contributed by atoms with Crippen molar-refractivity contribution in [2.45, 2.75) is 26.7 Å². The number of carbonyl (C=O) groups is 2.